The molecule has 1 rings (SSSR count). The van der Waals surface area contributed by atoms with Gasteiger partial charge in [-0.2, -0.15) is 0 Å². The molecule has 0 aromatic rings. The van der Waals surface area contributed by atoms with Gasteiger partial charge in [-0.3, -0.25) is 0 Å². The molecule has 1 N–H and O–H groups in total. The monoisotopic (exact) mass is 205 g/mol. The molecule has 3 unspecified atom stereocenters. The largest absolute Gasteiger partial charge is 0.393 e. The van der Waals surface area contributed by atoms with E-state index in [2.05, 4.69) is 0 Å². The summed E-state index contributed by atoms with van der Waals surface area (Å²) in [6, 6.07) is 0. The van der Waals surface area contributed by atoms with Gasteiger partial charge in [-0.15, -0.1) is 0 Å². The topological polar surface area (TPSA) is 40.5 Å². The quantitative estimate of drug-likeness (QED) is 0.739. The number of aliphatic hydroxyl groups is 1. The van der Waals surface area contributed by atoms with Crippen molar-refractivity contribution < 1.29 is 9.32 Å². The molecule has 4 heteroatoms. The molecule has 0 spiro atoms. The Kier molecular flexibility index (Phi) is 3.88. The molecule has 13 heavy (non-hydrogen) atoms. The Balaban J connectivity index is 2.45. The first-order valence-corrected chi connectivity index (χ1v) is 6.03. The minimum atomic E-state index is -0.862. The Labute approximate surface area is 82.7 Å². The average molecular weight is 205 g/mol. The summed E-state index contributed by atoms with van der Waals surface area (Å²) >= 11 is 0. The average Bonchev–Trinajstić information content (AvgIpc) is 2.50. The molecule has 1 saturated heterocycles. The summed E-state index contributed by atoms with van der Waals surface area (Å²) in [5.74, 6) is 0.308. The first kappa shape index (κ1) is 11.1. The van der Waals surface area contributed by atoms with Crippen molar-refractivity contribution in [2.24, 2.45) is 5.92 Å². The van der Waals surface area contributed by atoms with Crippen molar-refractivity contribution in [2.45, 2.75) is 38.5 Å². The van der Waals surface area contributed by atoms with Gasteiger partial charge in [0, 0.05) is 18.3 Å². The standard InChI is InChI=1S/C9H19NO2S/c1-7(2)13(12)10-5-4-9(6-10)8(3)11/h7-9,11H,4-6H2,1-3H3. The third-order valence-corrected chi connectivity index (χ3v) is 4.17. The number of rotatable bonds is 3. The van der Waals surface area contributed by atoms with Crippen molar-refractivity contribution in [1.29, 1.82) is 0 Å². The maximum atomic E-state index is 11.7. The highest BCUT2D eigenvalue weighted by Crippen LogP contribution is 2.21. The molecule has 1 fully saturated rings. The minimum Gasteiger partial charge on any atom is -0.393 e. The van der Waals surface area contributed by atoms with Crippen LogP contribution in [0.25, 0.3) is 0 Å². The molecule has 1 aliphatic rings. The Morgan fingerprint density at radius 2 is 2.08 bits per heavy atom. The van der Waals surface area contributed by atoms with Crippen LogP contribution in [-0.4, -0.2) is 38.1 Å². The summed E-state index contributed by atoms with van der Waals surface area (Å²) in [5, 5.41) is 9.55. The SMILES string of the molecule is CC(O)C1CCN(S(=O)C(C)C)C1. The second-order valence-corrected chi connectivity index (χ2v) is 6.01. The Bertz CT molecular complexity index is 194. The lowest BCUT2D eigenvalue weighted by Crippen LogP contribution is -2.30. The normalized spacial score (nSPS) is 29.5. The molecule has 1 heterocycles. The molecule has 0 saturated carbocycles. The predicted octanol–water partition coefficient (Wildman–Crippen LogP) is 0.761. The van der Waals surface area contributed by atoms with E-state index in [1.165, 1.54) is 0 Å². The predicted molar refractivity (Wildman–Crippen MR) is 54.6 cm³/mol. The number of nitrogens with zero attached hydrogens (tertiary/aromatic N) is 1. The van der Waals surface area contributed by atoms with E-state index < -0.39 is 11.0 Å². The van der Waals surface area contributed by atoms with Crippen molar-refractivity contribution in [3.05, 3.63) is 0 Å². The van der Waals surface area contributed by atoms with Crippen molar-refractivity contribution >= 4 is 11.0 Å². The molecule has 0 aromatic carbocycles. The van der Waals surface area contributed by atoms with E-state index in [0.29, 0.717) is 5.92 Å². The third-order valence-electron chi connectivity index (χ3n) is 2.53. The fourth-order valence-electron chi connectivity index (χ4n) is 1.61. The molecule has 78 valence electrons. The molecule has 1 aliphatic heterocycles. The highest BCUT2D eigenvalue weighted by Gasteiger charge is 2.29. The van der Waals surface area contributed by atoms with Crippen LogP contribution in [-0.2, 0) is 11.0 Å². The zero-order chi connectivity index (χ0) is 10.0. The lowest BCUT2D eigenvalue weighted by molar-refractivity contribution is 0.133. The van der Waals surface area contributed by atoms with Gasteiger partial charge in [0.2, 0.25) is 0 Å². The zero-order valence-electron chi connectivity index (χ0n) is 8.56. The van der Waals surface area contributed by atoms with E-state index >= 15 is 0 Å². The van der Waals surface area contributed by atoms with Gasteiger partial charge >= 0.3 is 0 Å². The Hall–Kier alpha value is 0.0700. The van der Waals surface area contributed by atoms with Gasteiger partial charge in [-0.1, -0.05) is 0 Å². The van der Waals surface area contributed by atoms with Crippen molar-refractivity contribution in [1.82, 2.24) is 4.31 Å². The molecule has 0 aliphatic carbocycles. The Morgan fingerprint density at radius 3 is 2.46 bits per heavy atom. The number of hydrogen-bond donors (Lipinski definition) is 1. The van der Waals surface area contributed by atoms with E-state index in [0.717, 1.165) is 19.5 Å². The summed E-state index contributed by atoms with van der Waals surface area (Å²) in [6.45, 7) is 7.38. The fraction of sp³-hybridized carbons (Fsp3) is 1.00. The summed E-state index contributed by atoms with van der Waals surface area (Å²) in [4.78, 5) is 0. The van der Waals surface area contributed by atoms with Gasteiger partial charge in [-0.05, 0) is 33.1 Å². The van der Waals surface area contributed by atoms with Gasteiger partial charge in [0.15, 0.2) is 0 Å². The van der Waals surface area contributed by atoms with E-state index in [1.54, 1.807) is 0 Å². The van der Waals surface area contributed by atoms with E-state index in [-0.39, 0.29) is 11.4 Å². The van der Waals surface area contributed by atoms with Gasteiger partial charge in [0.1, 0.15) is 0 Å². The van der Waals surface area contributed by atoms with E-state index in [4.69, 9.17) is 0 Å². The minimum absolute atomic E-state index is 0.188. The van der Waals surface area contributed by atoms with Crippen LogP contribution in [0.2, 0.25) is 0 Å². The van der Waals surface area contributed by atoms with E-state index in [1.807, 2.05) is 25.1 Å². The molecule has 0 radical (unpaired) electrons. The summed E-state index contributed by atoms with van der Waals surface area (Å²) < 4.78 is 13.6. The number of hydrogen-bond acceptors (Lipinski definition) is 2. The second-order valence-electron chi connectivity index (χ2n) is 4.00. The Morgan fingerprint density at radius 1 is 1.46 bits per heavy atom. The van der Waals surface area contributed by atoms with Crippen LogP contribution in [0.15, 0.2) is 0 Å². The molecular weight excluding hydrogens is 186 g/mol. The van der Waals surface area contributed by atoms with Crippen LogP contribution in [0, 0.1) is 5.92 Å². The second kappa shape index (κ2) is 4.53. The summed E-state index contributed by atoms with van der Waals surface area (Å²) in [5.41, 5.74) is 0. The van der Waals surface area contributed by atoms with Crippen LogP contribution < -0.4 is 0 Å². The van der Waals surface area contributed by atoms with Gasteiger partial charge in [0.05, 0.1) is 17.1 Å². The third kappa shape index (κ3) is 2.76. The van der Waals surface area contributed by atoms with Crippen LogP contribution in [0.3, 0.4) is 0 Å². The summed E-state index contributed by atoms with van der Waals surface area (Å²) in [6.07, 6.45) is 0.699. The molecule has 0 amide bonds. The summed E-state index contributed by atoms with van der Waals surface area (Å²) in [7, 11) is -0.862. The van der Waals surface area contributed by atoms with Crippen molar-refractivity contribution in [2.75, 3.05) is 13.1 Å². The lowest BCUT2D eigenvalue weighted by atomic mass is 10.0. The fourth-order valence-corrected chi connectivity index (χ4v) is 2.83. The van der Waals surface area contributed by atoms with Crippen molar-refractivity contribution in [3.63, 3.8) is 0 Å². The molecule has 0 aromatic heterocycles. The van der Waals surface area contributed by atoms with Crippen LogP contribution in [0.4, 0.5) is 0 Å². The zero-order valence-corrected chi connectivity index (χ0v) is 9.38. The van der Waals surface area contributed by atoms with Gasteiger partial charge in [-0.25, -0.2) is 8.51 Å². The highest BCUT2D eigenvalue weighted by atomic mass is 32.2. The van der Waals surface area contributed by atoms with Crippen molar-refractivity contribution in [3.8, 4) is 0 Å². The van der Waals surface area contributed by atoms with Gasteiger partial charge < -0.3 is 5.11 Å². The highest BCUT2D eigenvalue weighted by molar-refractivity contribution is 7.83. The molecule has 3 atom stereocenters. The van der Waals surface area contributed by atoms with E-state index in [9.17, 15) is 9.32 Å². The molecule has 0 bridgehead atoms. The van der Waals surface area contributed by atoms with Crippen LogP contribution in [0.5, 0.6) is 0 Å². The molecular formula is C9H19NO2S. The smallest absolute Gasteiger partial charge is 0.0968 e. The molecule has 3 nitrogen and oxygen atoms in total. The number of aliphatic hydroxyl groups excluding tert-OH is 1. The maximum Gasteiger partial charge on any atom is 0.0968 e. The maximum absolute atomic E-state index is 11.7. The first-order valence-electron chi connectivity index (χ1n) is 4.86. The van der Waals surface area contributed by atoms with Crippen LogP contribution >= 0.6 is 0 Å². The van der Waals surface area contributed by atoms with Gasteiger partial charge in [0.25, 0.3) is 0 Å². The lowest BCUT2D eigenvalue weighted by Gasteiger charge is -2.18. The van der Waals surface area contributed by atoms with Crippen LogP contribution in [0.1, 0.15) is 27.2 Å². The first-order chi connectivity index (χ1) is 6.02.